The number of carbonyl (C=O) groups is 5. The van der Waals surface area contributed by atoms with E-state index in [-0.39, 0.29) is 51.0 Å². The molecule has 44 heavy (non-hydrogen) atoms. The lowest BCUT2D eigenvalue weighted by Crippen LogP contribution is -2.57. The van der Waals surface area contributed by atoms with E-state index in [2.05, 4.69) is 25.9 Å². The minimum absolute atomic E-state index is 0.000425. The molecule has 4 amide bonds. The number of benzene rings is 1. The van der Waals surface area contributed by atoms with Crippen LogP contribution in [-0.4, -0.2) is 82.9 Å². The van der Waals surface area contributed by atoms with Gasteiger partial charge >= 0.3 is 5.97 Å². The van der Waals surface area contributed by atoms with Crippen LogP contribution in [0, 0.1) is 0 Å². The Labute approximate surface area is 254 Å². The van der Waals surface area contributed by atoms with Crippen molar-refractivity contribution in [3.05, 3.63) is 36.0 Å². The highest BCUT2D eigenvalue weighted by Crippen LogP contribution is 2.19. The van der Waals surface area contributed by atoms with E-state index < -0.39 is 53.8 Å². The topological polar surface area (TPSA) is 300 Å². The predicted octanol–water partition coefficient (Wildman–Crippen LogP) is -1.98. The fraction of sp³-hybridized carbons (Fsp3) is 0.500. The molecule has 16 heteroatoms. The number of nitrogens with one attached hydrogen (secondary N) is 4. The Balaban J connectivity index is 2.13. The van der Waals surface area contributed by atoms with Gasteiger partial charge in [0.2, 0.25) is 23.6 Å². The third-order valence-electron chi connectivity index (χ3n) is 6.90. The van der Waals surface area contributed by atoms with Gasteiger partial charge in [-0.1, -0.05) is 18.2 Å². The number of para-hydroxylation sites is 1. The van der Waals surface area contributed by atoms with Crippen molar-refractivity contribution in [2.45, 2.75) is 75.5 Å². The normalized spacial score (nSPS) is 13.7. The number of nitrogens with zero attached hydrogens (tertiary/aromatic N) is 1. The first kappa shape index (κ1) is 35.5. The lowest BCUT2D eigenvalue weighted by Gasteiger charge is -2.25. The molecule has 2 aromatic rings. The number of aliphatic imine (C=N–C) groups is 1. The molecule has 4 unspecified atom stereocenters. The van der Waals surface area contributed by atoms with E-state index in [1.807, 2.05) is 24.3 Å². The molecule has 0 aliphatic heterocycles. The summed E-state index contributed by atoms with van der Waals surface area (Å²) in [6.45, 7) is 0.516. The SMILES string of the molecule is NCCCCC(NC(=O)C(N)Cc1c[nH]c2ccccc12)C(=O)NC(CCC(N)=O)C(=O)NC(CCCN=C(N)N)C(=O)O. The van der Waals surface area contributed by atoms with E-state index >= 15 is 0 Å². The van der Waals surface area contributed by atoms with Crippen molar-refractivity contribution < 1.29 is 29.1 Å². The third kappa shape index (κ3) is 11.9. The van der Waals surface area contributed by atoms with Crippen LogP contribution in [0.2, 0.25) is 0 Å². The number of primary amides is 1. The van der Waals surface area contributed by atoms with Gasteiger partial charge in [0.05, 0.1) is 6.04 Å². The molecule has 0 spiro atoms. The number of nitrogens with two attached hydrogens (primary N) is 5. The summed E-state index contributed by atoms with van der Waals surface area (Å²) < 4.78 is 0. The summed E-state index contributed by atoms with van der Waals surface area (Å²) in [4.78, 5) is 69.8. The number of hydrogen-bond donors (Lipinski definition) is 10. The number of guanidine groups is 1. The number of amides is 4. The number of fused-ring (bicyclic) bond motifs is 1. The number of unbranched alkanes of at least 4 members (excludes halogenated alkanes) is 1. The van der Waals surface area contributed by atoms with Crippen LogP contribution in [0.25, 0.3) is 10.9 Å². The van der Waals surface area contributed by atoms with Crippen molar-refractivity contribution in [3.8, 4) is 0 Å². The molecule has 1 aromatic heterocycles. The summed E-state index contributed by atoms with van der Waals surface area (Å²) in [7, 11) is 0. The highest BCUT2D eigenvalue weighted by molar-refractivity contribution is 5.94. The van der Waals surface area contributed by atoms with Crippen LogP contribution in [0.15, 0.2) is 35.5 Å². The summed E-state index contributed by atoms with van der Waals surface area (Å²) >= 11 is 0. The average molecular weight is 617 g/mol. The van der Waals surface area contributed by atoms with Crippen LogP contribution in [-0.2, 0) is 30.4 Å². The molecule has 4 atom stereocenters. The number of H-pyrrole nitrogens is 1. The molecule has 0 saturated heterocycles. The Morgan fingerprint density at radius 1 is 0.841 bits per heavy atom. The minimum Gasteiger partial charge on any atom is -0.480 e. The number of carbonyl (C=O) groups excluding carboxylic acids is 4. The van der Waals surface area contributed by atoms with Crippen molar-refractivity contribution in [2.75, 3.05) is 13.1 Å². The smallest absolute Gasteiger partial charge is 0.326 e. The highest BCUT2D eigenvalue weighted by Gasteiger charge is 2.30. The molecule has 0 fully saturated rings. The second-order valence-electron chi connectivity index (χ2n) is 10.4. The summed E-state index contributed by atoms with van der Waals surface area (Å²) in [6.07, 6.45) is 3.03. The molecule has 0 aliphatic carbocycles. The van der Waals surface area contributed by atoms with Gasteiger partial charge in [-0.2, -0.15) is 0 Å². The van der Waals surface area contributed by atoms with Crippen LogP contribution in [0.3, 0.4) is 0 Å². The fourth-order valence-corrected chi connectivity index (χ4v) is 4.53. The van der Waals surface area contributed by atoms with Gasteiger partial charge in [-0.15, -0.1) is 0 Å². The minimum atomic E-state index is -1.32. The van der Waals surface area contributed by atoms with Gasteiger partial charge in [0.25, 0.3) is 0 Å². The van der Waals surface area contributed by atoms with E-state index in [1.54, 1.807) is 6.20 Å². The fourth-order valence-electron chi connectivity index (χ4n) is 4.53. The van der Waals surface area contributed by atoms with Gasteiger partial charge in [0.15, 0.2) is 5.96 Å². The Morgan fingerprint density at radius 2 is 1.45 bits per heavy atom. The number of aromatic amines is 1. The second kappa shape index (κ2) is 18.1. The van der Waals surface area contributed by atoms with Gasteiger partial charge in [-0.3, -0.25) is 24.2 Å². The van der Waals surface area contributed by atoms with E-state index in [0.717, 1.165) is 16.5 Å². The lowest BCUT2D eigenvalue weighted by atomic mass is 10.0. The molecule has 2 rings (SSSR count). The summed E-state index contributed by atoms with van der Waals surface area (Å²) in [6, 6.07) is 2.87. The first-order valence-electron chi connectivity index (χ1n) is 14.4. The van der Waals surface area contributed by atoms with E-state index in [0.29, 0.717) is 19.4 Å². The predicted molar refractivity (Wildman–Crippen MR) is 165 cm³/mol. The quantitative estimate of drug-likeness (QED) is 0.0444. The van der Waals surface area contributed by atoms with Gasteiger partial charge < -0.3 is 54.7 Å². The first-order chi connectivity index (χ1) is 20.9. The van der Waals surface area contributed by atoms with Crippen molar-refractivity contribution in [3.63, 3.8) is 0 Å². The Hall–Kier alpha value is -4.70. The molecule has 0 aliphatic rings. The maximum absolute atomic E-state index is 13.4. The first-order valence-corrected chi connectivity index (χ1v) is 14.4. The molecule has 1 aromatic carbocycles. The average Bonchev–Trinajstić information content (AvgIpc) is 3.38. The molecule has 0 saturated carbocycles. The molecular formula is C28H44N10O6. The van der Waals surface area contributed by atoms with Gasteiger partial charge in [-0.25, -0.2) is 4.79 Å². The van der Waals surface area contributed by atoms with Crippen molar-refractivity contribution in [1.82, 2.24) is 20.9 Å². The molecule has 16 nitrogen and oxygen atoms in total. The van der Waals surface area contributed by atoms with E-state index in [9.17, 15) is 29.1 Å². The monoisotopic (exact) mass is 616 g/mol. The number of rotatable bonds is 20. The van der Waals surface area contributed by atoms with Crippen LogP contribution in [0.5, 0.6) is 0 Å². The molecular weight excluding hydrogens is 572 g/mol. The van der Waals surface area contributed by atoms with Crippen molar-refractivity contribution in [2.24, 2.45) is 33.7 Å². The number of hydrogen-bond acceptors (Lipinski definition) is 8. The number of aliphatic carboxylic acids is 1. The maximum atomic E-state index is 13.4. The molecule has 0 radical (unpaired) electrons. The van der Waals surface area contributed by atoms with Gasteiger partial charge in [-0.05, 0) is 63.1 Å². The zero-order valence-electron chi connectivity index (χ0n) is 24.6. The molecule has 15 N–H and O–H groups in total. The largest absolute Gasteiger partial charge is 0.480 e. The second-order valence-corrected chi connectivity index (χ2v) is 10.4. The Morgan fingerprint density at radius 3 is 2.09 bits per heavy atom. The maximum Gasteiger partial charge on any atom is 0.326 e. The van der Waals surface area contributed by atoms with Crippen LogP contribution in [0.4, 0.5) is 0 Å². The summed E-state index contributed by atoms with van der Waals surface area (Å²) in [5.41, 5.74) is 29.4. The molecule has 0 bridgehead atoms. The van der Waals surface area contributed by atoms with E-state index in [1.165, 1.54) is 0 Å². The summed E-state index contributed by atoms with van der Waals surface area (Å²) in [5.74, 6) is -4.30. The Kier molecular flexibility index (Phi) is 14.6. The highest BCUT2D eigenvalue weighted by atomic mass is 16.4. The third-order valence-corrected chi connectivity index (χ3v) is 6.90. The van der Waals surface area contributed by atoms with Crippen molar-refractivity contribution in [1.29, 1.82) is 0 Å². The zero-order chi connectivity index (χ0) is 32.6. The molecule has 242 valence electrons. The van der Waals surface area contributed by atoms with Gasteiger partial charge in [0.1, 0.15) is 18.1 Å². The summed E-state index contributed by atoms with van der Waals surface area (Å²) in [5, 5.41) is 18.1. The van der Waals surface area contributed by atoms with Crippen molar-refractivity contribution >= 4 is 46.5 Å². The number of carboxylic acid groups (broad SMARTS) is 1. The lowest BCUT2D eigenvalue weighted by molar-refractivity contribution is -0.142. The van der Waals surface area contributed by atoms with E-state index in [4.69, 9.17) is 28.7 Å². The Bertz CT molecular complexity index is 1310. The van der Waals surface area contributed by atoms with Gasteiger partial charge in [0, 0.05) is 30.1 Å². The number of carboxylic acids is 1. The standard InChI is InChI=1S/C28H44N10O6/c29-12-4-3-8-20(36-24(40)18(30)14-16-15-35-19-7-2-1-6-17(16)19)25(41)37-21(10-11-23(31)39)26(42)38-22(27(43)44)9-5-13-34-28(32)33/h1-2,6-7,15,18,20-22,35H,3-5,8-14,29-30H2,(H2,31,39)(H,36,40)(H,37,41)(H,38,42)(H,43,44)(H4,32,33,34). The number of aromatic nitrogens is 1. The van der Waals surface area contributed by atoms with Crippen LogP contribution in [0.1, 0.15) is 50.5 Å². The van der Waals surface area contributed by atoms with Crippen LogP contribution >= 0.6 is 0 Å². The zero-order valence-corrected chi connectivity index (χ0v) is 24.6. The van der Waals surface area contributed by atoms with Crippen LogP contribution < -0.4 is 44.6 Å². The molecule has 1 heterocycles.